The van der Waals surface area contributed by atoms with E-state index in [1.165, 1.54) is 13.2 Å². The van der Waals surface area contributed by atoms with E-state index in [9.17, 15) is 4.39 Å². The molecule has 1 rings (SSSR count). The number of methoxy groups -OCH3 is 1. The van der Waals surface area contributed by atoms with Crippen molar-refractivity contribution in [3.05, 3.63) is 29.6 Å². The van der Waals surface area contributed by atoms with Gasteiger partial charge in [0.2, 0.25) is 0 Å². The van der Waals surface area contributed by atoms with Crippen LogP contribution in [0.1, 0.15) is 25.5 Å². The van der Waals surface area contributed by atoms with Gasteiger partial charge in [0.15, 0.2) is 11.6 Å². The van der Waals surface area contributed by atoms with Gasteiger partial charge in [-0.25, -0.2) is 4.39 Å². The maximum atomic E-state index is 13.5. The number of thioether (sulfide) groups is 1. The fraction of sp³-hybridized carbons (Fsp3) is 0.538. The molecule has 0 radical (unpaired) electrons. The second kappa shape index (κ2) is 6.87. The maximum Gasteiger partial charge on any atom is 0.165 e. The van der Waals surface area contributed by atoms with E-state index >= 15 is 0 Å². The van der Waals surface area contributed by atoms with Gasteiger partial charge in [-0.05, 0) is 29.4 Å². The Hall–Kier alpha value is -0.740. The third kappa shape index (κ3) is 4.56. The second-order valence-electron chi connectivity index (χ2n) is 4.43. The van der Waals surface area contributed by atoms with Gasteiger partial charge in [-0.2, -0.15) is 11.8 Å². The van der Waals surface area contributed by atoms with Crippen LogP contribution in [0.25, 0.3) is 0 Å². The fourth-order valence-corrected chi connectivity index (χ4v) is 2.49. The standard InChI is InChI=1S/C13H20FNOS/c1-9(2)7-17-8-12(15)10-4-5-13(16-3)11(14)6-10/h4-6,9,12H,7-8,15H2,1-3H3. The minimum atomic E-state index is -0.352. The molecule has 0 amide bonds. The van der Waals surface area contributed by atoms with Crippen molar-refractivity contribution in [3.8, 4) is 5.75 Å². The van der Waals surface area contributed by atoms with E-state index in [0.717, 1.165) is 17.1 Å². The number of nitrogens with two attached hydrogens (primary N) is 1. The Morgan fingerprint density at radius 1 is 1.35 bits per heavy atom. The monoisotopic (exact) mass is 257 g/mol. The molecule has 0 saturated carbocycles. The van der Waals surface area contributed by atoms with E-state index in [0.29, 0.717) is 5.92 Å². The van der Waals surface area contributed by atoms with Gasteiger partial charge in [-0.3, -0.25) is 0 Å². The number of ether oxygens (including phenoxy) is 1. The zero-order chi connectivity index (χ0) is 12.8. The predicted molar refractivity (Wildman–Crippen MR) is 72.0 cm³/mol. The summed E-state index contributed by atoms with van der Waals surface area (Å²) in [5, 5.41) is 0. The van der Waals surface area contributed by atoms with E-state index in [-0.39, 0.29) is 17.6 Å². The summed E-state index contributed by atoms with van der Waals surface area (Å²) in [7, 11) is 1.45. The van der Waals surface area contributed by atoms with Crippen LogP contribution in [0.4, 0.5) is 4.39 Å². The Morgan fingerprint density at radius 3 is 2.59 bits per heavy atom. The SMILES string of the molecule is COc1ccc(C(N)CSCC(C)C)cc1F. The minimum Gasteiger partial charge on any atom is -0.494 e. The van der Waals surface area contributed by atoms with Gasteiger partial charge in [-0.1, -0.05) is 19.9 Å². The van der Waals surface area contributed by atoms with E-state index < -0.39 is 0 Å². The van der Waals surface area contributed by atoms with Crippen LogP contribution in [0.15, 0.2) is 18.2 Å². The van der Waals surface area contributed by atoms with Crippen molar-refractivity contribution in [1.82, 2.24) is 0 Å². The highest BCUT2D eigenvalue weighted by Gasteiger charge is 2.10. The molecule has 4 heteroatoms. The molecular formula is C13H20FNOS. The third-order valence-electron chi connectivity index (χ3n) is 2.35. The zero-order valence-corrected chi connectivity index (χ0v) is 11.4. The largest absolute Gasteiger partial charge is 0.494 e. The Kier molecular flexibility index (Phi) is 5.78. The molecule has 0 bridgehead atoms. The molecule has 17 heavy (non-hydrogen) atoms. The van der Waals surface area contributed by atoms with Gasteiger partial charge in [-0.15, -0.1) is 0 Å². The van der Waals surface area contributed by atoms with E-state index in [1.54, 1.807) is 17.8 Å². The van der Waals surface area contributed by atoms with E-state index in [2.05, 4.69) is 13.8 Å². The number of halogens is 1. The summed E-state index contributed by atoms with van der Waals surface area (Å²) >= 11 is 1.80. The lowest BCUT2D eigenvalue weighted by Gasteiger charge is -2.13. The molecule has 0 aromatic heterocycles. The topological polar surface area (TPSA) is 35.2 Å². The molecule has 0 spiro atoms. The first kappa shape index (κ1) is 14.3. The lowest BCUT2D eigenvalue weighted by atomic mass is 10.1. The Labute approximate surface area is 107 Å². The van der Waals surface area contributed by atoms with Crippen LogP contribution in [0.3, 0.4) is 0 Å². The third-order valence-corrected chi connectivity index (χ3v) is 3.85. The summed E-state index contributed by atoms with van der Waals surface area (Å²) in [4.78, 5) is 0. The van der Waals surface area contributed by atoms with Gasteiger partial charge >= 0.3 is 0 Å². The Balaban J connectivity index is 2.57. The Morgan fingerprint density at radius 2 is 2.06 bits per heavy atom. The molecule has 0 heterocycles. The van der Waals surface area contributed by atoms with Gasteiger partial charge in [0.05, 0.1) is 7.11 Å². The number of rotatable bonds is 6. The molecule has 0 aliphatic heterocycles. The van der Waals surface area contributed by atoms with Crippen LogP contribution in [-0.2, 0) is 0 Å². The van der Waals surface area contributed by atoms with Crippen LogP contribution < -0.4 is 10.5 Å². The molecular weight excluding hydrogens is 237 g/mol. The predicted octanol–water partition coefficient (Wildman–Crippen LogP) is 3.22. The van der Waals surface area contributed by atoms with Gasteiger partial charge < -0.3 is 10.5 Å². The first-order chi connectivity index (χ1) is 8.04. The summed E-state index contributed by atoms with van der Waals surface area (Å²) < 4.78 is 18.3. The molecule has 2 nitrogen and oxygen atoms in total. The molecule has 1 unspecified atom stereocenters. The lowest BCUT2D eigenvalue weighted by Crippen LogP contribution is -2.14. The summed E-state index contributed by atoms with van der Waals surface area (Å²) in [5.74, 6) is 2.45. The molecule has 0 aliphatic carbocycles. The van der Waals surface area contributed by atoms with Crippen LogP contribution in [0.5, 0.6) is 5.75 Å². The Bertz CT molecular complexity index is 357. The summed E-state index contributed by atoms with van der Waals surface area (Å²) in [6.45, 7) is 4.34. The first-order valence-corrected chi connectivity index (χ1v) is 6.86. The lowest BCUT2D eigenvalue weighted by molar-refractivity contribution is 0.386. The molecule has 96 valence electrons. The molecule has 2 N–H and O–H groups in total. The minimum absolute atomic E-state index is 0.126. The van der Waals surface area contributed by atoms with Crippen LogP contribution in [0, 0.1) is 11.7 Å². The van der Waals surface area contributed by atoms with Crippen LogP contribution in [0.2, 0.25) is 0 Å². The van der Waals surface area contributed by atoms with Crippen LogP contribution in [-0.4, -0.2) is 18.6 Å². The van der Waals surface area contributed by atoms with Crippen molar-refractivity contribution in [2.75, 3.05) is 18.6 Å². The highest BCUT2D eigenvalue weighted by atomic mass is 32.2. The quantitative estimate of drug-likeness (QED) is 0.850. The van der Waals surface area contributed by atoms with Crippen molar-refractivity contribution in [2.45, 2.75) is 19.9 Å². The second-order valence-corrected chi connectivity index (χ2v) is 5.51. The van der Waals surface area contributed by atoms with E-state index in [4.69, 9.17) is 10.5 Å². The van der Waals surface area contributed by atoms with Crippen molar-refractivity contribution < 1.29 is 9.13 Å². The first-order valence-electron chi connectivity index (χ1n) is 5.71. The zero-order valence-electron chi connectivity index (χ0n) is 10.6. The van der Waals surface area contributed by atoms with Crippen molar-refractivity contribution in [2.24, 2.45) is 11.7 Å². The summed E-state index contributed by atoms with van der Waals surface area (Å²) in [6, 6.07) is 4.78. The van der Waals surface area contributed by atoms with Crippen molar-refractivity contribution >= 4 is 11.8 Å². The number of benzene rings is 1. The smallest absolute Gasteiger partial charge is 0.165 e. The summed E-state index contributed by atoms with van der Waals surface area (Å²) in [5.41, 5.74) is 6.83. The molecule has 0 saturated heterocycles. The number of hydrogen-bond donors (Lipinski definition) is 1. The maximum absolute atomic E-state index is 13.5. The molecule has 0 fully saturated rings. The fourth-order valence-electron chi connectivity index (χ4n) is 1.44. The highest BCUT2D eigenvalue weighted by molar-refractivity contribution is 7.99. The summed E-state index contributed by atoms with van der Waals surface area (Å²) in [6.07, 6.45) is 0. The van der Waals surface area contributed by atoms with Gasteiger partial charge in [0.25, 0.3) is 0 Å². The van der Waals surface area contributed by atoms with Crippen LogP contribution >= 0.6 is 11.8 Å². The highest BCUT2D eigenvalue weighted by Crippen LogP contribution is 2.23. The molecule has 0 aliphatic rings. The van der Waals surface area contributed by atoms with Gasteiger partial charge in [0.1, 0.15) is 0 Å². The van der Waals surface area contributed by atoms with Crippen molar-refractivity contribution in [1.29, 1.82) is 0 Å². The average Bonchev–Trinajstić information content (AvgIpc) is 2.28. The van der Waals surface area contributed by atoms with Crippen molar-refractivity contribution in [3.63, 3.8) is 0 Å². The molecule has 1 aromatic rings. The normalized spacial score (nSPS) is 12.8. The molecule has 1 aromatic carbocycles. The number of hydrogen-bond acceptors (Lipinski definition) is 3. The molecule has 1 atom stereocenters. The van der Waals surface area contributed by atoms with Gasteiger partial charge in [0, 0.05) is 11.8 Å². The average molecular weight is 257 g/mol. The van der Waals surface area contributed by atoms with E-state index in [1.807, 2.05) is 6.07 Å².